The van der Waals surface area contributed by atoms with Crippen LogP contribution < -0.4 is 10.1 Å². The second kappa shape index (κ2) is 7.90. The zero-order valence-corrected chi connectivity index (χ0v) is 12.9. The highest BCUT2D eigenvalue weighted by Gasteiger charge is 2.07. The molecule has 0 fully saturated rings. The normalized spacial score (nSPS) is 12.2. The summed E-state index contributed by atoms with van der Waals surface area (Å²) in [6, 6.07) is 11.6. The van der Waals surface area contributed by atoms with Crippen LogP contribution in [0.4, 0.5) is 8.78 Å². The van der Waals surface area contributed by atoms with E-state index in [0.29, 0.717) is 12.0 Å². The molecule has 118 valence electrons. The first kappa shape index (κ1) is 16.4. The number of hydrogen-bond acceptors (Lipinski definition) is 2. The third-order valence-corrected chi connectivity index (χ3v) is 3.67. The largest absolute Gasteiger partial charge is 0.497 e. The average Bonchev–Trinajstić information content (AvgIpc) is 2.54. The molecule has 0 spiro atoms. The molecule has 0 saturated heterocycles. The summed E-state index contributed by atoms with van der Waals surface area (Å²) in [4.78, 5) is 0. The molecule has 2 nitrogen and oxygen atoms in total. The number of aryl methyl sites for hydroxylation is 1. The smallest absolute Gasteiger partial charge is 0.126 e. The van der Waals surface area contributed by atoms with E-state index < -0.39 is 5.82 Å². The minimum atomic E-state index is -0.394. The van der Waals surface area contributed by atoms with Crippen LogP contribution in [-0.4, -0.2) is 13.7 Å². The SMILES string of the molecule is COc1cccc([C@@H](C)NCCCc2cc(F)ccc2F)c1. The zero-order valence-electron chi connectivity index (χ0n) is 12.9. The van der Waals surface area contributed by atoms with Crippen LogP contribution in [0, 0.1) is 11.6 Å². The summed E-state index contributed by atoms with van der Waals surface area (Å²) in [7, 11) is 1.64. The summed E-state index contributed by atoms with van der Waals surface area (Å²) in [5, 5.41) is 3.38. The van der Waals surface area contributed by atoms with Gasteiger partial charge in [-0.15, -0.1) is 0 Å². The first-order valence-corrected chi connectivity index (χ1v) is 7.41. The van der Waals surface area contributed by atoms with Crippen molar-refractivity contribution in [1.29, 1.82) is 0 Å². The lowest BCUT2D eigenvalue weighted by Crippen LogP contribution is -2.20. The van der Waals surface area contributed by atoms with Crippen LogP contribution in [0.25, 0.3) is 0 Å². The van der Waals surface area contributed by atoms with Crippen LogP contribution in [0.3, 0.4) is 0 Å². The van der Waals surface area contributed by atoms with Crippen molar-refractivity contribution in [1.82, 2.24) is 5.32 Å². The van der Waals surface area contributed by atoms with Crippen molar-refractivity contribution in [3.63, 3.8) is 0 Å². The number of nitrogens with one attached hydrogen (secondary N) is 1. The number of rotatable bonds is 7. The quantitative estimate of drug-likeness (QED) is 0.772. The molecule has 0 aromatic heterocycles. The molecule has 0 aliphatic heterocycles. The van der Waals surface area contributed by atoms with E-state index in [2.05, 4.69) is 12.2 Å². The topological polar surface area (TPSA) is 21.3 Å². The highest BCUT2D eigenvalue weighted by Crippen LogP contribution is 2.19. The van der Waals surface area contributed by atoms with Gasteiger partial charge in [-0.05, 0) is 67.8 Å². The van der Waals surface area contributed by atoms with E-state index in [9.17, 15) is 8.78 Å². The molecule has 0 bridgehead atoms. The Morgan fingerprint density at radius 3 is 2.73 bits per heavy atom. The van der Waals surface area contributed by atoms with E-state index in [1.54, 1.807) is 7.11 Å². The van der Waals surface area contributed by atoms with Gasteiger partial charge in [0.05, 0.1) is 7.11 Å². The van der Waals surface area contributed by atoms with Crippen LogP contribution in [0.5, 0.6) is 5.75 Å². The molecule has 0 heterocycles. The summed E-state index contributed by atoms with van der Waals surface area (Å²) in [6.45, 7) is 2.80. The molecule has 0 saturated carbocycles. The fourth-order valence-electron chi connectivity index (χ4n) is 2.36. The number of ether oxygens (including phenoxy) is 1. The standard InChI is InChI=1S/C18H21F2NO/c1-13(14-5-3-7-17(12-14)22-2)21-10-4-6-15-11-16(19)8-9-18(15)20/h3,5,7-9,11-13,21H,4,6,10H2,1-2H3/t13-/m1/s1. The molecule has 0 radical (unpaired) electrons. The number of hydrogen-bond donors (Lipinski definition) is 1. The molecule has 2 aromatic rings. The van der Waals surface area contributed by atoms with Gasteiger partial charge >= 0.3 is 0 Å². The Bertz CT molecular complexity index is 616. The first-order valence-electron chi connectivity index (χ1n) is 7.41. The summed E-state index contributed by atoms with van der Waals surface area (Å²) in [5.41, 5.74) is 1.56. The summed E-state index contributed by atoms with van der Waals surface area (Å²) >= 11 is 0. The second-order valence-electron chi connectivity index (χ2n) is 5.29. The Labute approximate surface area is 130 Å². The Morgan fingerprint density at radius 1 is 1.14 bits per heavy atom. The summed E-state index contributed by atoms with van der Waals surface area (Å²) in [5.74, 6) is 0.0873. The molecule has 1 N–H and O–H groups in total. The van der Waals surface area contributed by atoms with E-state index in [-0.39, 0.29) is 11.9 Å². The van der Waals surface area contributed by atoms with Crippen LogP contribution >= 0.6 is 0 Å². The van der Waals surface area contributed by atoms with Crippen molar-refractivity contribution in [3.8, 4) is 5.75 Å². The van der Waals surface area contributed by atoms with Gasteiger partial charge in [0.2, 0.25) is 0 Å². The van der Waals surface area contributed by atoms with Gasteiger partial charge in [-0.3, -0.25) is 0 Å². The zero-order chi connectivity index (χ0) is 15.9. The van der Waals surface area contributed by atoms with Crippen LogP contribution in [0.15, 0.2) is 42.5 Å². The van der Waals surface area contributed by atoms with Crippen LogP contribution in [0.2, 0.25) is 0 Å². The van der Waals surface area contributed by atoms with Crippen LogP contribution in [0.1, 0.15) is 30.5 Å². The lowest BCUT2D eigenvalue weighted by molar-refractivity contribution is 0.413. The van der Waals surface area contributed by atoms with Gasteiger partial charge < -0.3 is 10.1 Å². The van der Waals surface area contributed by atoms with Gasteiger partial charge in [-0.25, -0.2) is 8.78 Å². The number of benzene rings is 2. The van der Waals surface area contributed by atoms with Gasteiger partial charge in [0.15, 0.2) is 0 Å². The molecule has 0 aliphatic rings. The molecule has 2 rings (SSSR count). The van der Waals surface area contributed by atoms with Crippen molar-refractivity contribution >= 4 is 0 Å². The van der Waals surface area contributed by atoms with E-state index in [1.165, 1.54) is 12.1 Å². The maximum absolute atomic E-state index is 13.5. The van der Waals surface area contributed by atoms with E-state index >= 15 is 0 Å². The third kappa shape index (κ3) is 4.53. The van der Waals surface area contributed by atoms with Crippen molar-refractivity contribution in [2.24, 2.45) is 0 Å². The minimum absolute atomic E-state index is 0.174. The van der Waals surface area contributed by atoms with Gasteiger partial charge in [-0.1, -0.05) is 12.1 Å². The Balaban J connectivity index is 1.81. The summed E-state index contributed by atoms with van der Waals surface area (Å²) < 4.78 is 31.8. The van der Waals surface area contributed by atoms with Gasteiger partial charge in [0, 0.05) is 6.04 Å². The predicted molar refractivity (Wildman–Crippen MR) is 84.1 cm³/mol. The lowest BCUT2D eigenvalue weighted by atomic mass is 10.1. The Morgan fingerprint density at radius 2 is 1.95 bits per heavy atom. The van der Waals surface area contributed by atoms with E-state index in [1.807, 2.05) is 24.3 Å². The Kier molecular flexibility index (Phi) is 5.90. The monoisotopic (exact) mass is 305 g/mol. The molecular weight excluding hydrogens is 284 g/mol. The lowest BCUT2D eigenvalue weighted by Gasteiger charge is -2.15. The van der Waals surface area contributed by atoms with Gasteiger partial charge in [0.1, 0.15) is 17.4 Å². The Hall–Kier alpha value is -1.94. The molecule has 22 heavy (non-hydrogen) atoms. The molecule has 2 aromatic carbocycles. The van der Waals surface area contributed by atoms with Crippen molar-refractivity contribution in [3.05, 3.63) is 65.2 Å². The molecule has 0 aliphatic carbocycles. The van der Waals surface area contributed by atoms with Gasteiger partial charge in [0.25, 0.3) is 0 Å². The first-order chi connectivity index (χ1) is 10.6. The highest BCUT2D eigenvalue weighted by atomic mass is 19.1. The molecule has 1 atom stereocenters. The fraction of sp³-hybridized carbons (Fsp3) is 0.333. The predicted octanol–water partition coefficient (Wildman–Crippen LogP) is 4.26. The molecule has 0 unspecified atom stereocenters. The summed E-state index contributed by atoms with van der Waals surface area (Å²) in [6.07, 6.45) is 1.26. The molecule has 4 heteroatoms. The maximum atomic E-state index is 13.5. The maximum Gasteiger partial charge on any atom is 0.126 e. The highest BCUT2D eigenvalue weighted by molar-refractivity contribution is 5.30. The van der Waals surface area contributed by atoms with Gasteiger partial charge in [-0.2, -0.15) is 0 Å². The van der Waals surface area contributed by atoms with Crippen molar-refractivity contribution in [2.45, 2.75) is 25.8 Å². The third-order valence-electron chi connectivity index (χ3n) is 3.67. The number of halogens is 2. The van der Waals surface area contributed by atoms with Crippen molar-refractivity contribution < 1.29 is 13.5 Å². The molecule has 0 amide bonds. The number of methoxy groups -OCH3 is 1. The second-order valence-corrected chi connectivity index (χ2v) is 5.29. The molecular formula is C18H21F2NO. The average molecular weight is 305 g/mol. The van der Waals surface area contributed by atoms with E-state index in [4.69, 9.17) is 4.74 Å². The fourth-order valence-corrected chi connectivity index (χ4v) is 2.36. The van der Waals surface area contributed by atoms with Crippen LogP contribution in [-0.2, 0) is 6.42 Å². The minimum Gasteiger partial charge on any atom is -0.497 e. The van der Waals surface area contributed by atoms with Crippen molar-refractivity contribution in [2.75, 3.05) is 13.7 Å². The van der Waals surface area contributed by atoms with E-state index in [0.717, 1.165) is 30.3 Å².